The lowest BCUT2D eigenvalue weighted by molar-refractivity contribution is 0.0627. The second kappa shape index (κ2) is 10.5. The summed E-state index contributed by atoms with van der Waals surface area (Å²) in [6.45, 7) is 10.9. The van der Waals surface area contributed by atoms with Crippen LogP contribution in [-0.4, -0.2) is 88.5 Å². The third-order valence-corrected chi connectivity index (χ3v) is 4.94. The van der Waals surface area contributed by atoms with Crippen molar-refractivity contribution in [2.45, 2.75) is 19.9 Å². The topological polar surface area (TPSA) is 45.3 Å². The Balaban J connectivity index is 1.97. The molecule has 0 aromatic heterocycles. The van der Waals surface area contributed by atoms with E-state index in [1.165, 1.54) is 5.69 Å². The summed E-state index contributed by atoms with van der Waals surface area (Å²) in [7, 11) is 3.29. The molecule has 6 nitrogen and oxygen atoms in total. The number of benzene rings is 1. The molecule has 0 unspecified atom stereocenters. The number of carbonyl (C=O) groups excluding carboxylic acids is 1. The highest BCUT2D eigenvalue weighted by Gasteiger charge is 2.20. The Labute approximate surface area is 157 Å². The van der Waals surface area contributed by atoms with E-state index in [4.69, 9.17) is 9.47 Å². The predicted octanol–water partition coefficient (Wildman–Crippen LogP) is 1.95. The zero-order chi connectivity index (χ0) is 18.9. The lowest BCUT2D eigenvalue weighted by atomic mass is 10.1. The molecule has 0 bridgehead atoms. The van der Waals surface area contributed by atoms with Crippen LogP contribution in [0.25, 0.3) is 0 Å². The van der Waals surface area contributed by atoms with Crippen LogP contribution in [0.5, 0.6) is 0 Å². The number of hydrogen-bond donors (Lipinski definition) is 0. The van der Waals surface area contributed by atoms with E-state index in [1.54, 1.807) is 19.1 Å². The minimum Gasteiger partial charge on any atom is -0.383 e. The highest BCUT2D eigenvalue weighted by molar-refractivity contribution is 5.94. The first-order chi connectivity index (χ1) is 12.6. The van der Waals surface area contributed by atoms with Crippen molar-refractivity contribution in [3.8, 4) is 0 Å². The zero-order valence-corrected chi connectivity index (χ0v) is 16.6. The van der Waals surface area contributed by atoms with Gasteiger partial charge in [-0.15, -0.1) is 0 Å². The van der Waals surface area contributed by atoms with E-state index in [0.717, 1.165) is 26.2 Å². The number of rotatable bonds is 9. The van der Waals surface area contributed by atoms with Gasteiger partial charge in [-0.05, 0) is 38.1 Å². The molecular weight excluding hydrogens is 330 g/mol. The lowest BCUT2D eigenvalue weighted by Crippen LogP contribution is -2.48. The Morgan fingerprint density at radius 3 is 2.00 bits per heavy atom. The molecule has 1 aromatic carbocycles. The van der Waals surface area contributed by atoms with Gasteiger partial charge in [0.15, 0.2) is 0 Å². The second-order valence-electron chi connectivity index (χ2n) is 6.94. The molecule has 6 heteroatoms. The highest BCUT2D eigenvalue weighted by Crippen LogP contribution is 2.19. The Morgan fingerprint density at radius 2 is 1.54 bits per heavy atom. The van der Waals surface area contributed by atoms with Crippen LogP contribution in [-0.2, 0) is 9.47 Å². The summed E-state index contributed by atoms with van der Waals surface area (Å²) in [6, 6.07) is 8.58. The van der Waals surface area contributed by atoms with Crippen LogP contribution in [0, 0.1) is 0 Å². The molecule has 0 atom stereocenters. The average molecular weight is 364 g/mol. The quantitative estimate of drug-likeness (QED) is 0.671. The summed E-state index contributed by atoms with van der Waals surface area (Å²) < 4.78 is 10.2. The maximum atomic E-state index is 12.8. The van der Waals surface area contributed by atoms with Crippen molar-refractivity contribution in [1.82, 2.24) is 9.80 Å². The van der Waals surface area contributed by atoms with Gasteiger partial charge in [0.1, 0.15) is 0 Å². The molecule has 1 aliphatic rings. The van der Waals surface area contributed by atoms with E-state index in [2.05, 4.69) is 35.8 Å². The van der Waals surface area contributed by atoms with Gasteiger partial charge in [-0.1, -0.05) is 0 Å². The third kappa shape index (κ3) is 5.69. The first kappa shape index (κ1) is 20.7. The van der Waals surface area contributed by atoms with Gasteiger partial charge in [0.05, 0.1) is 13.2 Å². The van der Waals surface area contributed by atoms with Crippen molar-refractivity contribution in [3.63, 3.8) is 0 Å². The number of anilines is 1. The van der Waals surface area contributed by atoms with E-state index in [0.29, 0.717) is 37.9 Å². The van der Waals surface area contributed by atoms with Crippen molar-refractivity contribution in [2.75, 3.05) is 71.6 Å². The molecule has 26 heavy (non-hydrogen) atoms. The second-order valence-corrected chi connectivity index (χ2v) is 6.94. The summed E-state index contributed by atoms with van der Waals surface area (Å²) >= 11 is 0. The Hall–Kier alpha value is -1.63. The molecule has 0 radical (unpaired) electrons. The van der Waals surface area contributed by atoms with Crippen LogP contribution in [0.15, 0.2) is 24.3 Å². The van der Waals surface area contributed by atoms with Crippen LogP contribution >= 0.6 is 0 Å². The Morgan fingerprint density at radius 1 is 1.00 bits per heavy atom. The summed E-state index contributed by atoms with van der Waals surface area (Å²) in [6.07, 6.45) is 0. The number of carbonyl (C=O) groups is 1. The fourth-order valence-corrected chi connectivity index (χ4v) is 3.21. The van der Waals surface area contributed by atoms with E-state index >= 15 is 0 Å². The first-order valence-corrected chi connectivity index (χ1v) is 9.43. The van der Waals surface area contributed by atoms with E-state index in [9.17, 15) is 4.79 Å². The molecule has 0 N–H and O–H groups in total. The molecular formula is C20H33N3O3. The van der Waals surface area contributed by atoms with E-state index < -0.39 is 0 Å². The van der Waals surface area contributed by atoms with Gasteiger partial charge >= 0.3 is 0 Å². The van der Waals surface area contributed by atoms with Crippen LogP contribution in [0.2, 0.25) is 0 Å². The molecule has 0 spiro atoms. The van der Waals surface area contributed by atoms with E-state index in [1.807, 2.05) is 12.1 Å². The van der Waals surface area contributed by atoms with Crippen molar-refractivity contribution >= 4 is 11.6 Å². The molecule has 1 aromatic rings. The van der Waals surface area contributed by atoms with Gasteiger partial charge in [0, 0.05) is 70.8 Å². The Kier molecular flexibility index (Phi) is 8.35. The summed E-state index contributed by atoms with van der Waals surface area (Å²) in [4.78, 5) is 19.4. The Bertz CT molecular complexity index is 532. The van der Waals surface area contributed by atoms with Crippen LogP contribution < -0.4 is 4.90 Å². The standard InChI is InChI=1S/C20H33N3O3/c1-17(2)21-9-11-22(12-10-21)19-7-5-18(6-8-19)20(24)23(13-15-25-3)14-16-26-4/h5-8,17H,9-16H2,1-4H3. The monoisotopic (exact) mass is 363 g/mol. The summed E-state index contributed by atoms with van der Waals surface area (Å²) in [5, 5.41) is 0. The smallest absolute Gasteiger partial charge is 0.254 e. The van der Waals surface area contributed by atoms with Crippen LogP contribution in [0.4, 0.5) is 5.69 Å². The van der Waals surface area contributed by atoms with Crippen molar-refractivity contribution in [2.24, 2.45) is 0 Å². The zero-order valence-electron chi connectivity index (χ0n) is 16.6. The number of piperazine rings is 1. The minimum atomic E-state index is 0.0234. The van der Waals surface area contributed by atoms with Crippen molar-refractivity contribution in [3.05, 3.63) is 29.8 Å². The van der Waals surface area contributed by atoms with Gasteiger partial charge < -0.3 is 19.3 Å². The molecule has 1 fully saturated rings. The molecule has 1 aliphatic heterocycles. The average Bonchev–Trinajstić information content (AvgIpc) is 2.68. The minimum absolute atomic E-state index is 0.0234. The van der Waals surface area contributed by atoms with Crippen LogP contribution in [0.1, 0.15) is 24.2 Å². The first-order valence-electron chi connectivity index (χ1n) is 9.43. The van der Waals surface area contributed by atoms with Crippen molar-refractivity contribution < 1.29 is 14.3 Å². The van der Waals surface area contributed by atoms with Gasteiger partial charge in [-0.25, -0.2) is 0 Å². The number of ether oxygens (including phenoxy) is 2. The molecule has 146 valence electrons. The largest absolute Gasteiger partial charge is 0.383 e. The maximum absolute atomic E-state index is 12.8. The highest BCUT2D eigenvalue weighted by atomic mass is 16.5. The summed E-state index contributed by atoms with van der Waals surface area (Å²) in [5.74, 6) is 0.0234. The van der Waals surface area contributed by atoms with Gasteiger partial charge in [0.25, 0.3) is 5.91 Å². The van der Waals surface area contributed by atoms with Crippen LogP contribution in [0.3, 0.4) is 0 Å². The molecule has 0 aliphatic carbocycles. The maximum Gasteiger partial charge on any atom is 0.254 e. The fourth-order valence-electron chi connectivity index (χ4n) is 3.21. The van der Waals surface area contributed by atoms with Crippen molar-refractivity contribution in [1.29, 1.82) is 0 Å². The molecule has 0 saturated carbocycles. The fraction of sp³-hybridized carbons (Fsp3) is 0.650. The molecule has 1 saturated heterocycles. The SMILES string of the molecule is COCCN(CCOC)C(=O)c1ccc(N2CCN(C(C)C)CC2)cc1. The molecule has 1 amide bonds. The predicted molar refractivity (Wildman–Crippen MR) is 105 cm³/mol. The number of methoxy groups -OCH3 is 2. The van der Waals surface area contributed by atoms with Gasteiger partial charge in [-0.2, -0.15) is 0 Å². The molecule has 2 rings (SSSR count). The number of nitrogens with zero attached hydrogens (tertiary/aromatic N) is 3. The number of amides is 1. The van der Waals surface area contributed by atoms with E-state index in [-0.39, 0.29) is 5.91 Å². The number of hydrogen-bond acceptors (Lipinski definition) is 5. The normalized spacial score (nSPS) is 15.5. The van der Waals surface area contributed by atoms with Gasteiger partial charge in [-0.3, -0.25) is 9.69 Å². The van der Waals surface area contributed by atoms with Gasteiger partial charge in [0.2, 0.25) is 0 Å². The molecule has 1 heterocycles. The third-order valence-electron chi connectivity index (χ3n) is 4.94. The summed E-state index contributed by atoms with van der Waals surface area (Å²) in [5.41, 5.74) is 1.90. The lowest BCUT2D eigenvalue weighted by Gasteiger charge is -2.38.